The second kappa shape index (κ2) is 8.36. The predicted octanol–water partition coefficient (Wildman–Crippen LogP) is 2.00. The third kappa shape index (κ3) is 4.98. The SMILES string of the molecule is [N-]=[N+]=C(C(=O)CCc1ccccn1)C(=O)OCc1ccccc1. The van der Waals surface area contributed by atoms with E-state index in [0.29, 0.717) is 6.42 Å². The summed E-state index contributed by atoms with van der Waals surface area (Å²) in [4.78, 5) is 30.7. The first kappa shape index (κ1) is 16.3. The summed E-state index contributed by atoms with van der Waals surface area (Å²) in [6.07, 6.45) is 1.98. The Labute approximate surface area is 133 Å². The molecule has 23 heavy (non-hydrogen) atoms. The van der Waals surface area contributed by atoms with Gasteiger partial charge in [0.05, 0.1) is 0 Å². The van der Waals surface area contributed by atoms with Crippen molar-refractivity contribution in [3.05, 3.63) is 71.5 Å². The maximum absolute atomic E-state index is 12.0. The molecule has 1 aromatic heterocycles. The van der Waals surface area contributed by atoms with Gasteiger partial charge in [-0.25, -0.2) is 4.79 Å². The van der Waals surface area contributed by atoms with Crippen molar-refractivity contribution in [2.75, 3.05) is 0 Å². The van der Waals surface area contributed by atoms with E-state index in [-0.39, 0.29) is 13.0 Å². The molecule has 0 saturated heterocycles. The van der Waals surface area contributed by atoms with E-state index in [1.165, 1.54) is 0 Å². The van der Waals surface area contributed by atoms with Gasteiger partial charge in [-0.15, -0.1) is 0 Å². The van der Waals surface area contributed by atoms with E-state index >= 15 is 0 Å². The second-order valence-electron chi connectivity index (χ2n) is 4.75. The number of aryl methyl sites for hydroxylation is 1. The molecule has 0 spiro atoms. The normalized spacial score (nSPS) is 9.74. The number of pyridine rings is 1. The van der Waals surface area contributed by atoms with Crippen molar-refractivity contribution >= 4 is 17.5 Å². The number of nitrogens with zero attached hydrogens (tertiary/aromatic N) is 3. The highest BCUT2D eigenvalue weighted by Gasteiger charge is 2.30. The molecule has 2 rings (SSSR count). The monoisotopic (exact) mass is 309 g/mol. The molecule has 1 aromatic carbocycles. The van der Waals surface area contributed by atoms with Crippen LogP contribution in [0.4, 0.5) is 0 Å². The fourth-order valence-corrected chi connectivity index (χ4v) is 1.91. The average Bonchev–Trinajstić information content (AvgIpc) is 2.60. The number of ether oxygens (including phenoxy) is 1. The van der Waals surface area contributed by atoms with Gasteiger partial charge in [-0.2, -0.15) is 4.79 Å². The number of carbonyl (C=O) groups is 2. The van der Waals surface area contributed by atoms with E-state index < -0.39 is 17.5 Å². The van der Waals surface area contributed by atoms with Crippen LogP contribution in [-0.2, 0) is 27.4 Å². The minimum Gasteiger partial charge on any atom is -0.452 e. The fourth-order valence-electron chi connectivity index (χ4n) is 1.91. The van der Waals surface area contributed by atoms with Gasteiger partial charge in [0, 0.05) is 18.3 Å². The van der Waals surface area contributed by atoms with Gasteiger partial charge in [-0.05, 0) is 24.1 Å². The van der Waals surface area contributed by atoms with Crippen LogP contribution in [0.5, 0.6) is 0 Å². The first-order valence-electron chi connectivity index (χ1n) is 7.07. The van der Waals surface area contributed by atoms with Crippen molar-refractivity contribution in [1.29, 1.82) is 0 Å². The Hall–Kier alpha value is -3.11. The number of aromatic nitrogens is 1. The number of ketones is 1. The maximum atomic E-state index is 12.0. The number of rotatable bonds is 7. The van der Waals surface area contributed by atoms with Gasteiger partial charge >= 0.3 is 11.7 Å². The highest BCUT2D eigenvalue weighted by atomic mass is 16.5. The zero-order valence-electron chi connectivity index (χ0n) is 12.4. The van der Waals surface area contributed by atoms with Crippen molar-refractivity contribution in [2.24, 2.45) is 0 Å². The molecule has 0 aliphatic carbocycles. The van der Waals surface area contributed by atoms with Gasteiger partial charge in [0.25, 0.3) is 5.78 Å². The van der Waals surface area contributed by atoms with Crippen LogP contribution in [0, 0.1) is 0 Å². The standard InChI is InChI=1S/C17H15N3O3/c18-20-16(15(21)10-9-14-8-4-5-11-19-14)17(22)23-12-13-6-2-1-3-7-13/h1-8,11H,9-10,12H2. The topological polar surface area (TPSA) is 92.7 Å². The minimum absolute atomic E-state index is 0.00616. The predicted molar refractivity (Wildman–Crippen MR) is 82.4 cm³/mol. The Morgan fingerprint density at radius 3 is 2.48 bits per heavy atom. The summed E-state index contributed by atoms with van der Waals surface area (Å²) in [5.74, 6) is -1.53. The molecule has 0 N–H and O–H groups in total. The molecule has 0 amide bonds. The van der Waals surface area contributed by atoms with Crippen molar-refractivity contribution in [1.82, 2.24) is 4.98 Å². The van der Waals surface area contributed by atoms with Crippen LogP contribution in [-0.4, -0.2) is 27.2 Å². The first-order valence-corrected chi connectivity index (χ1v) is 7.07. The lowest BCUT2D eigenvalue weighted by Gasteiger charge is -2.02. The van der Waals surface area contributed by atoms with Gasteiger partial charge in [0.2, 0.25) is 0 Å². The number of Topliss-reactive ketones (excluding diaryl/α,β-unsaturated/α-hetero) is 1. The van der Waals surface area contributed by atoms with E-state index in [2.05, 4.69) is 9.77 Å². The molecule has 2 aromatic rings. The summed E-state index contributed by atoms with van der Waals surface area (Å²) in [5, 5.41) is 0. The van der Waals surface area contributed by atoms with Crippen LogP contribution in [0.15, 0.2) is 54.7 Å². The Morgan fingerprint density at radius 2 is 1.83 bits per heavy atom. The average molecular weight is 309 g/mol. The Kier molecular flexibility index (Phi) is 5.91. The lowest BCUT2D eigenvalue weighted by Crippen LogP contribution is -2.27. The largest absolute Gasteiger partial charge is 0.452 e. The van der Waals surface area contributed by atoms with Crippen molar-refractivity contribution in [2.45, 2.75) is 19.4 Å². The quantitative estimate of drug-likeness (QED) is 0.257. The molecule has 0 aliphatic heterocycles. The Morgan fingerprint density at radius 1 is 1.09 bits per heavy atom. The number of benzene rings is 1. The Bertz CT molecular complexity index is 666. The van der Waals surface area contributed by atoms with Crippen molar-refractivity contribution in [3.8, 4) is 0 Å². The van der Waals surface area contributed by atoms with Crippen LogP contribution in [0.25, 0.3) is 5.53 Å². The van der Waals surface area contributed by atoms with E-state index in [1.807, 2.05) is 24.3 Å². The number of hydrogen-bond acceptors (Lipinski definition) is 4. The molecule has 0 unspecified atom stereocenters. The molecule has 116 valence electrons. The van der Waals surface area contributed by atoms with Gasteiger partial charge in [0.1, 0.15) is 6.61 Å². The van der Waals surface area contributed by atoms with Crippen LogP contribution < -0.4 is 0 Å². The van der Waals surface area contributed by atoms with Crippen LogP contribution >= 0.6 is 0 Å². The second-order valence-corrected chi connectivity index (χ2v) is 4.75. The zero-order valence-corrected chi connectivity index (χ0v) is 12.4. The zero-order chi connectivity index (χ0) is 16.5. The van der Waals surface area contributed by atoms with E-state index in [0.717, 1.165) is 11.3 Å². The molecular formula is C17H15N3O3. The minimum atomic E-state index is -0.942. The molecule has 0 fully saturated rings. The molecule has 0 atom stereocenters. The first-order chi connectivity index (χ1) is 11.2. The number of hydrogen-bond donors (Lipinski definition) is 0. The summed E-state index contributed by atoms with van der Waals surface area (Å²) >= 11 is 0. The summed E-state index contributed by atoms with van der Waals surface area (Å²) in [5.41, 5.74) is 9.81. The van der Waals surface area contributed by atoms with E-state index in [9.17, 15) is 9.59 Å². The third-order valence-electron chi connectivity index (χ3n) is 3.10. The highest BCUT2D eigenvalue weighted by Crippen LogP contribution is 2.03. The fraction of sp³-hybridized carbons (Fsp3) is 0.176. The lowest BCUT2D eigenvalue weighted by atomic mass is 10.1. The van der Waals surface area contributed by atoms with Crippen LogP contribution in [0.2, 0.25) is 0 Å². The van der Waals surface area contributed by atoms with E-state index in [1.54, 1.807) is 30.5 Å². The molecular weight excluding hydrogens is 294 g/mol. The number of carbonyl (C=O) groups excluding carboxylic acids is 2. The van der Waals surface area contributed by atoms with Crippen molar-refractivity contribution < 1.29 is 19.1 Å². The summed E-state index contributed by atoms with van der Waals surface area (Å²) in [6.45, 7) is 0.00616. The number of esters is 1. The van der Waals surface area contributed by atoms with Gasteiger partial charge in [-0.3, -0.25) is 9.78 Å². The third-order valence-corrected chi connectivity index (χ3v) is 3.10. The summed E-state index contributed by atoms with van der Waals surface area (Å²) < 4.78 is 4.99. The molecule has 1 heterocycles. The lowest BCUT2D eigenvalue weighted by molar-refractivity contribution is -0.143. The molecule has 0 bridgehead atoms. The van der Waals surface area contributed by atoms with E-state index in [4.69, 9.17) is 10.3 Å². The maximum Gasteiger partial charge on any atom is 0.441 e. The molecule has 6 heteroatoms. The molecule has 6 nitrogen and oxygen atoms in total. The smallest absolute Gasteiger partial charge is 0.441 e. The summed E-state index contributed by atoms with van der Waals surface area (Å²) in [7, 11) is 0. The molecule has 0 saturated carbocycles. The van der Waals surface area contributed by atoms with Gasteiger partial charge < -0.3 is 10.3 Å². The van der Waals surface area contributed by atoms with Gasteiger partial charge in [-0.1, -0.05) is 36.4 Å². The summed E-state index contributed by atoms with van der Waals surface area (Å²) in [6, 6.07) is 14.4. The Balaban J connectivity index is 1.89. The van der Waals surface area contributed by atoms with Gasteiger partial charge in [0.15, 0.2) is 0 Å². The molecule has 0 radical (unpaired) electrons. The van der Waals surface area contributed by atoms with Crippen LogP contribution in [0.3, 0.4) is 0 Å². The van der Waals surface area contributed by atoms with Crippen LogP contribution in [0.1, 0.15) is 17.7 Å². The molecule has 0 aliphatic rings. The van der Waals surface area contributed by atoms with Crippen molar-refractivity contribution in [3.63, 3.8) is 0 Å². The highest BCUT2D eigenvalue weighted by molar-refractivity contribution is 6.62.